The van der Waals surface area contributed by atoms with E-state index in [0.717, 1.165) is 5.56 Å². The van der Waals surface area contributed by atoms with Gasteiger partial charge in [0, 0.05) is 11.8 Å². The van der Waals surface area contributed by atoms with E-state index < -0.39 is 30.3 Å². The molecule has 162 valence electrons. The number of methoxy groups -OCH3 is 1. The molecule has 0 spiro atoms. The van der Waals surface area contributed by atoms with Crippen LogP contribution in [0.25, 0.3) is 5.69 Å². The molecule has 0 bridgehead atoms. The number of halogens is 1. The maximum atomic E-state index is 14.6. The predicted molar refractivity (Wildman–Crippen MR) is 110 cm³/mol. The SMILES string of the molecule is COc1cc(C(=O)N[C@@H](C)c2ccc(-n3cc(C)cn3)c(F)c2)ccc1OCC(=O)O. The van der Waals surface area contributed by atoms with Crippen molar-refractivity contribution in [1.82, 2.24) is 15.1 Å². The van der Waals surface area contributed by atoms with Crippen molar-refractivity contribution in [1.29, 1.82) is 0 Å². The largest absolute Gasteiger partial charge is 0.493 e. The van der Waals surface area contributed by atoms with Gasteiger partial charge in [-0.3, -0.25) is 4.79 Å². The lowest BCUT2D eigenvalue weighted by molar-refractivity contribution is -0.139. The minimum atomic E-state index is -1.13. The molecule has 2 aromatic carbocycles. The Labute approximate surface area is 178 Å². The summed E-state index contributed by atoms with van der Waals surface area (Å²) < 4.78 is 26.4. The molecule has 0 saturated carbocycles. The lowest BCUT2D eigenvalue weighted by Gasteiger charge is -2.16. The molecule has 0 aliphatic rings. The molecule has 0 radical (unpaired) electrons. The Kier molecular flexibility index (Phi) is 6.54. The maximum Gasteiger partial charge on any atom is 0.341 e. The van der Waals surface area contributed by atoms with E-state index in [1.807, 2.05) is 6.92 Å². The highest BCUT2D eigenvalue weighted by atomic mass is 19.1. The number of carboxylic acid groups (broad SMARTS) is 1. The van der Waals surface area contributed by atoms with Gasteiger partial charge in [-0.15, -0.1) is 0 Å². The zero-order valence-corrected chi connectivity index (χ0v) is 17.3. The molecule has 1 aromatic heterocycles. The van der Waals surface area contributed by atoms with E-state index in [2.05, 4.69) is 10.4 Å². The summed E-state index contributed by atoms with van der Waals surface area (Å²) in [4.78, 5) is 23.3. The Morgan fingerprint density at radius 3 is 2.61 bits per heavy atom. The van der Waals surface area contributed by atoms with Crippen LogP contribution in [0.1, 0.15) is 34.5 Å². The quantitative estimate of drug-likeness (QED) is 0.572. The van der Waals surface area contributed by atoms with E-state index in [1.165, 1.54) is 36.1 Å². The van der Waals surface area contributed by atoms with Crippen LogP contribution in [0, 0.1) is 12.7 Å². The summed E-state index contributed by atoms with van der Waals surface area (Å²) >= 11 is 0. The fourth-order valence-electron chi connectivity index (χ4n) is 2.95. The maximum absolute atomic E-state index is 14.6. The van der Waals surface area contributed by atoms with Crippen LogP contribution >= 0.6 is 0 Å². The second kappa shape index (κ2) is 9.29. The minimum Gasteiger partial charge on any atom is -0.493 e. The van der Waals surface area contributed by atoms with Gasteiger partial charge in [-0.1, -0.05) is 6.07 Å². The molecule has 0 unspecified atom stereocenters. The zero-order valence-electron chi connectivity index (χ0n) is 17.3. The molecule has 1 atom stereocenters. The van der Waals surface area contributed by atoms with Crippen LogP contribution in [0.2, 0.25) is 0 Å². The first-order valence-corrected chi connectivity index (χ1v) is 9.43. The van der Waals surface area contributed by atoms with Crippen molar-refractivity contribution < 1.29 is 28.6 Å². The monoisotopic (exact) mass is 427 g/mol. The topological polar surface area (TPSA) is 103 Å². The number of carbonyl (C=O) groups excluding carboxylic acids is 1. The summed E-state index contributed by atoms with van der Waals surface area (Å²) in [6.45, 7) is 3.08. The van der Waals surface area contributed by atoms with Crippen molar-refractivity contribution in [2.75, 3.05) is 13.7 Å². The number of aliphatic carboxylic acids is 1. The zero-order chi connectivity index (χ0) is 22.5. The van der Waals surface area contributed by atoms with E-state index in [1.54, 1.807) is 31.5 Å². The summed E-state index contributed by atoms with van der Waals surface area (Å²) in [5, 5.41) is 15.6. The molecule has 1 heterocycles. The van der Waals surface area contributed by atoms with E-state index in [0.29, 0.717) is 11.3 Å². The highest BCUT2D eigenvalue weighted by molar-refractivity contribution is 5.95. The van der Waals surface area contributed by atoms with Crippen LogP contribution in [0.3, 0.4) is 0 Å². The molecule has 2 N–H and O–H groups in total. The van der Waals surface area contributed by atoms with Gasteiger partial charge in [0.2, 0.25) is 0 Å². The summed E-state index contributed by atoms with van der Waals surface area (Å²) in [7, 11) is 1.39. The summed E-state index contributed by atoms with van der Waals surface area (Å²) in [5.74, 6) is -1.54. The van der Waals surface area contributed by atoms with Crippen molar-refractivity contribution in [2.45, 2.75) is 19.9 Å². The van der Waals surface area contributed by atoms with E-state index in [4.69, 9.17) is 14.6 Å². The first kappa shape index (κ1) is 21.8. The van der Waals surface area contributed by atoms with Gasteiger partial charge in [-0.2, -0.15) is 5.10 Å². The fraction of sp³-hybridized carbons (Fsp3) is 0.227. The highest BCUT2D eigenvalue weighted by Crippen LogP contribution is 2.28. The number of aromatic nitrogens is 2. The van der Waals surface area contributed by atoms with Crippen molar-refractivity contribution >= 4 is 11.9 Å². The number of hydrogen-bond donors (Lipinski definition) is 2. The molecule has 0 aliphatic heterocycles. The number of aryl methyl sites for hydroxylation is 1. The van der Waals surface area contributed by atoms with Gasteiger partial charge in [0.25, 0.3) is 5.91 Å². The number of nitrogens with one attached hydrogen (secondary N) is 1. The van der Waals surface area contributed by atoms with Crippen LogP contribution in [-0.2, 0) is 4.79 Å². The Bertz CT molecular complexity index is 1110. The Morgan fingerprint density at radius 2 is 2.00 bits per heavy atom. The average molecular weight is 427 g/mol. The van der Waals surface area contributed by atoms with Gasteiger partial charge in [0.1, 0.15) is 11.5 Å². The number of benzene rings is 2. The molecule has 31 heavy (non-hydrogen) atoms. The first-order chi connectivity index (χ1) is 14.8. The second-order valence-corrected chi connectivity index (χ2v) is 6.92. The molecule has 1 amide bonds. The van der Waals surface area contributed by atoms with Crippen molar-refractivity contribution in [3.63, 3.8) is 0 Å². The average Bonchev–Trinajstić information content (AvgIpc) is 3.17. The van der Waals surface area contributed by atoms with E-state index in [9.17, 15) is 14.0 Å². The van der Waals surface area contributed by atoms with Gasteiger partial charge < -0.3 is 19.9 Å². The number of amides is 1. The minimum absolute atomic E-state index is 0.209. The van der Waals surface area contributed by atoms with Gasteiger partial charge in [-0.05, 0) is 55.3 Å². The van der Waals surface area contributed by atoms with Crippen molar-refractivity contribution in [3.8, 4) is 17.2 Å². The number of carboxylic acids is 1. The van der Waals surface area contributed by atoms with Crippen LogP contribution in [0.15, 0.2) is 48.8 Å². The summed E-state index contributed by atoms with van der Waals surface area (Å²) in [6, 6.07) is 8.63. The van der Waals surface area contributed by atoms with E-state index >= 15 is 0 Å². The molecule has 8 nitrogen and oxygen atoms in total. The molecule has 0 aliphatic carbocycles. The molecular weight excluding hydrogens is 405 g/mol. The van der Waals surface area contributed by atoms with Gasteiger partial charge in [0.15, 0.2) is 18.1 Å². The number of hydrogen-bond acceptors (Lipinski definition) is 5. The fourth-order valence-corrected chi connectivity index (χ4v) is 2.95. The van der Waals surface area contributed by atoms with Gasteiger partial charge in [-0.25, -0.2) is 13.9 Å². The summed E-state index contributed by atoms with van der Waals surface area (Å²) in [5.41, 5.74) is 2.11. The van der Waals surface area contributed by atoms with Crippen LogP contribution in [0.5, 0.6) is 11.5 Å². The Balaban J connectivity index is 1.72. The summed E-state index contributed by atoms with van der Waals surface area (Å²) in [6.07, 6.45) is 3.36. The Morgan fingerprint density at radius 1 is 1.23 bits per heavy atom. The number of nitrogens with zero attached hydrogens (tertiary/aromatic N) is 2. The third-order valence-electron chi connectivity index (χ3n) is 4.55. The van der Waals surface area contributed by atoms with Crippen molar-refractivity contribution in [3.05, 3.63) is 71.3 Å². The predicted octanol–water partition coefficient (Wildman–Crippen LogP) is 3.28. The van der Waals surface area contributed by atoms with Crippen molar-refractivity contribution in [2.24, 2.45) is 0 Å². The number of rotatable bonds is 8. The smallest absolute Gasteiger partial charge is 0.341 e. The van der Waals surface area contributed by atoms with Gasteiger partial charge in [0.05, 0.1) is 19.3 Å². The number of ether oxygens (including phenoxy) is 2. The lowest BCUT2D eigenvalue weighted by Crippen LogP contribution is -2.26. The molecular formula is C22H22FN3O5. The first-order valence-electron chi connectivity index (χ1n) is 9.43. The molecule has 3 aromatic rings. The van der Waals surface area contributed by atoms with Gasteiger partial charge >= 0.3 is 5.97 Å². The van der Waals surface area contributed by atoms with Crippen LogP contribution < -0.4 is 14.8 Å². The standard InChI is InChI=1S/C22H22FN3O5/c1-13-10-24-26(11-13)18-6-4-15(8-17(18)23)14(2)25-22(29)16-5-7-19(20(9-16)30-3)31-12-21(27)28/h4-11,14H,12H2,1-3H3,(H,25,29)(H,27,28)/t14-/m0/s1. The molecule has 9 heteroatoms. The lowest BCUT2D eigenvalue weighted by atomic mass is 10.1. The number of carbonyl (C=O) groups is 2. The third-order valence-corrected chi connectivity index (χ3v) is 4.55. The molecule has 0 fully saturated rings. The van der Waals surface area contributed by atoms with E-state index in [-0.39, 0.29) is 17.1 Å². The highest BCUT2D eigenvalue weighted by Gasteiger charge is 2.16. The van der Waals surface area contributed by atoms with Crippen LogP contribution in [0.4, 0.5) is 4.39 Å². The molecule has 3 rings (SSSR count). The Hall–Kier alpha value is -3.88. The van der Waals surface area contributed by atoms with Crippen LogP contribution in [-0.4, -0.2) is 40.5 Å². The third kappa shape index (κ3) is 5.19. The molecule has 0 saturated heterocycles. The normalized spacial score (nSPS) is 11.6. The second-order valence-electron chi connectivity index (χ2n) is 6.92.